The molecule has 2 aliphatic heterocycles. The third-order valence-electron chi connectivity index (χ3n) is 8.12. The van der Waals surface area contributed by atoms with E-state index in [1.165, 1.54) is 0 Å². The highest BCUT2D eigenvalue weighted by Gasteiger charge is 2.34. The Labute approximate surface area is 227 Å². The number of hydrogen-bond donors (Lipinski definition) is 1. The topological polar surface area (TPSA) is 111 Å². The number of aryl methyl sites for hydroxylation is 1. The van der Waals surface area contributed by atoms with Gasteiger partial charge in [0.1, 0.15) is 29.2 Å². The number of amides is 2. The Morgan fingerprint density at radius 1 is 1.08 bits per heavy atom. The van der Waals surface area contributed by atoms with Crippen LogP contribution in [0.1, 0.15) is 73.3 Å². The highest BCUT2D eigenvalue weighted by Crippen LogP contribution is 2.35. The summed E-state index contributed by atoms with van der Waals surface area (Å²) in [5, 5.41) is 11.7. The van der Waals surface area contributed by atoms with Gasteiger partial charge in [0.2, 0.25) is 0 Å². The van der Waals surface area contributed by atoms with Gasteiger partial charge in [0.25, 0.3) is 5.91 Å². The number of nitrogens with zero attached hydrogens (tertiary/aromatic N) is 5. The molecule has 3 aliphatic rings. The lowest BCUT2D eigenvalue weighted by Gasteiger charge is -2.30. The average molecular weight is 531 g/mol. The fourth-order valence-corrected chi connectivity index (χ4v) is 5.93. The summed E-state index contributed by atoms with van der Waals surface area (Å²) in [6, 6.07) is 9.19. The maximum Gasteiger partial charge on any atom is 0.410 e. The molecule has 0 saturated heterocycles. The molecule has 10 heteroatoms. The summed E-state index contributed by atoms with van der Waals surface area (Å²) in [5.41, 5.74) is 2.92. The molecule has 1 aromatic carbocycles. The Morgan fingerprint density at radius 3 is 2.69 bits per heavy atom. The molecule has 0 atom stereocenters. The number of fused-ring (bicyclic) bond motifs is 2. The molecule has 1 saturated carbocycles. The normalized spacial score (nSPS) is 18.0. The number of aromatic nitrogens is 4. The van der Waals surface area contributed by atoms with Gasteiger partial charge in [0, 0.05) is 25.0 Å². The van der Waals surface area contributed by atoms with Gasteiger partial charge < -0.3 is 24.3 Å². The molecule has 204 valence electrons. The van der Waals surface area contributed by atoms with Crippen molar-refractivity contribution in [3.8, 4) is 17.3 Å². The number of ether oxygens (including phenoxy) is 2. The van der Waals surface area contributed by atoms with Gasteiger partial charge >= 0.3 is 6.09 Å². The zero-order chi connectivity index (χ0) is 27.1. The SMILES string of the molecule is COc1cc2c(cc1C(=O)Nc1cccc(-c3nnc4n3C(C)(C)CC4)n1)CN(C(=O)OC1CCCC1)CC2. The minimum atomic E-state index is -0.336. The van der Waals surface area contributed by atoms with E-state index in [9.17, 15) is 9.59 Å². The lowest BCUT2D eigenvalue weighted by Crippen LogP contribution is -2.38. The standard InChI is InChI=1S/C29H34N6O4/c1-29(2)13-11-25-32-33-26(35(25)29)22-9-6-10-24(30-22)31-27(36)21-15-19-17-34(14-12-18(19)16-23(21)38-3)28(37)39-20-7-4-5-8-20/h6,9-10,15-16,20H,4-5,7-8,11-14,17H2,1-3H3,(H,30,31,36). The molecule has 1 aliphatic carbocycles. The first-order valence-electron chi connectivity index (χ1n) is 13.7. The number of carbonyl (C=O) groups is 2. The van der Waals surface area contributed by atoms with Crippen molar-refractivity contribution in [3.05, 3.63) is 52.8 Å². The van der Waals surface area contributed by atoms with E-state index in [0.29, 0.717) is 48.2 Å². The Kier molecular flexibility index (Phi) is 6.48. The van der Waals surface area contributed by atoms with Crippen LogP contribution in [0.4, 0.5) is 10.6 Å². The monoisotopic (exact) mass is 530 g/mol. The summed E-state index contributed by atoms with van der Waals surface area (Å²) in [4.78, 5) is 32.6. The van der Waals surface area contributed by atoms with Crippen LogP contribution in [0.3, 0.4) is 0 Å². The number of anilines is 1. The summed E-state index contributed by atoms with van der Waals surface area (Å²) in [5.74, 6) is 2.20. The van der Waals surface area contributed by atoms with E-state index in [1.807, 2.05) is 24.3 Å². The van der Waals surface area contributed by atoms with Crippen LogP contribution >= 0.6 is 0 Å². The third-order valence-corrected chi connectivity index (χ3v) is 8.12. The molecule has 0 bridgehead atoms. The number of benzene rings is 1. The summed E-state index contributed by atoms with van der Waals surface area (Å²) < 4.78 is 13.4. The number of rotatable bonds is 5. The molecule has 1 fully saturated rings. The lowest BCUT2D eigenvalue weighted by molar-refractivity contribution is 0.0618. The molecule has 2 amide bonds. The van der Waals surface area contributed by atoms with E-state index in [-0.39, 0.29) is 23.6 Å². The zero-order valence-electron chi connectivity index (χ0n) is 22.7. The smallest absolute Gasteiger partial charge is 0.410 e. The van der Waals surface area contributed by atoms with Crippen LogP contribution in [0.5, 0.6) is 5.75 Å². The van der Waals surface area contributed by atoms with Gasteiger partial charge in [-0.25, -0.2) is 9.78 Å². The van der Waals surface area contributed by atoms with Crippen molar-refractivity contribution in [1.29, 1.82) is 0 Å². The first-order chi connectivity index (χ1) is 18.8. The molecule has 10 nitrogen and oxygen atoms in total. The highest BCUT2D eigenvalue weighted by molar-refractivity contribution is 6.06. The predicted octanol–water partition coefficient (Wildman–Crippen LogP) is 4.72. The Bertz CT molecular complexity index is 1430. The molecule has 2 aromatic heterocycles. The number of nitrogens with one attached hydrogen (secondary N) is 1. The minimum Gasteiger partial charge on any atom is -0.496 e. The highest BCUT2D eigenvalue weighted by atomic mass is 16.6. The van der Waals surface area contributed by atoms with Gasteiger partial charge in [0.15, 0.2) is 5.82 Å². The molecule has 0 unspecified atom stereocenters. The fraction of sp³-hybridized carbons (Fsp3) is 0.483. The van der Waals surface area contributed by atoms with Crippen LogP contribution in [-0.4, -0.2) is 56.4 Å². The molecule has 6 rings (SSSR count). The van der Waals surface area contributed by atoms with Crippen LogP contribution in [0.2, 0.25) is 0 Å². The van der Waals surface area contributed by atoms with Gasteiger partial charge in [-0.15, -0.1) is 10.2 Å². The molecular weight excluding hydrogens is 496 g/mol. The van der Waals surface area contributed by atoms with E-state index in [1.54, 1.807) is 18.1 Å². The van der Waals surface area contributed by atoms with Crippen molar-refractivity contribution in [2.24, 2.45) is 0 Å². The first-order valence-corrected chi connectivity index (χ1v) is 13.7. The van der Waals surface area contributed by atoms with Gasteiger partial charge in [0.05, 0.1) is 12.7 Å². The Hall–Kier alpha value is -3.95. The maximum atomic E-state index is 13.4. The van der Waals surface area contributed by atoms with Crippen molar-refractivity contribution in [3.63, 3.8) is 0 Å². The minimum absolute atomic E-state index is 0.0178. The van der Waals surface area contributed by atoms with E-state index in [0.717, 1.165) is 55.5 Å². The second-order valence-corrected chi connectivity index (χ2v) is 11.2. The van der Waals surface area contributed by atoms with Gasteiger partial charge in [-0.1, -0.05) is 6.07 Å². The third kappa shape index (κ3) is 4.84. The quantitative estimate of drug-likeness (QED) is 0.508. The first kappa shape index (κ1) is 25.3. The molecule has 0 radical (unpaired) electrons. The molecule has 4 heterocycles. The molecule has 0 spiro atoms. The van der Waals surface area contributed by atoms with Gasteiger partial charge in [-0.3, -0.25) is 4.79 Å². The van der Waals surface area contributed by atoms with Crippen LogP contribution in [0.15, 0.2) is 30.3 Å². The van der Waals surface area contributed by atoms with E-state index < -0.39 is 0 Å². The lowest BCUT2D eigenvalue weighted by atomic mass is 9.96. The molecule has 39 heavy (non-hydrogen) atoms. The maximum absolute atomic E-state index is 13.4. The second-order valence-electron chi connectivity index (χ2n) is 11.2. The molecule has 1 N–H and O–H groups in total. The summed E-state index contributed by atoms with van der Waals surface area (Å²) in [6.45, 7) is 5.31. The Balaban J connectivity index is 1.21. The van der Waals surface area contributed by atoms with Crippen molar-refractivity contribution in [2.75, 3.05) is 19.0 Å². The molecular formula is C29H34N6O4. The van der Waals surface area contributed by atoms with Crippen LogP contribution in [0.25, 0.3) is 11.5 Å². The predicted molar refractivity (Wildman–Crippen MR) is 145 cm³/mol. The van der Waals surface area contributed by atoms with Crippen LogP contribution in [0, 0.1) is 0 Å². The van der Waals surface area contributed by atoms with E-state index >= 15 is 0 Å². The fourth-order valence-electron chi connectivity index (χ4n) is 5.93. The van der Waals surface area contributed by atoms with Crippen molar-refractivity contribution in [2.45, 2.75) is 77.0 Å². The summed E-state index contributed by atoms with van der Waals surface area (Å²) in [7, 11) is 1.55. The summed E-state index contributed by atoms with van der Waals surface area (Å²) >= 11 is 0. The van der Waals surface area contributed by atoms with E-state index in [2.05, 4.69) is 38.9 Å². The second kappa shape index (κ2) is 9.98. The van der Waals surface area contributed by atoms with Crippen molar-refractivity contribution < 1.29 is 19.1 Å². The largest absolute Gasteiger partial charge is 0.496 e. The number of carbonyl (C=O) groups excluding carboxylic acids is 2. The number of hydrogen-bond acceptors (Lipinski definition) is 7. The average Bonchev–Trinajstić information content (AvgIpc) is 3.67. The summed E-state index contributed by atoms with van der Waals surface area (Å²) in [6.07, 6.45) is 6.37. The van der Waals surface area contributed by atoms with Crippen LogP contribution in [-0.2, 0) is 29.7 Å². The van der Waals surface area contributed by atoms with Crippen molar-refractivity contribution >= 4 is 17.8 Å². The van der Waals surface area contributed by atoms with Crippen LogP contribution < -0.4 is 10.1 Å². The Morgan fingerprint density at radius 2 is 1.90 bits per heavy atom. The van der Waals surface area contributed by atoms with Gasteiger partial charge in [-0.2, -0.15) is 0 Å². The molecule has 3 aromatic rings. The number of methoxy groups -OCH3 is 1. The van der Waals surface area contributed by atoms with E-state index in [4.69, 9.17) is 9.47 Å². The van der Waals surface area contributed by atoms with Crippen molar-refractivity contribution in [1.82, 2.24) is 24.6 Å². The zero-order valence-corrected chi connectivity index (χ0v) is 22.7. The van der Waals surface area contributed by atoms with Gasteiger partial charge in [-0.05, 0) is 87.8 Å². The number of pyridine rings is 1.